The number of hydrogen-bond acceptors (Lipinski definition) is 4. The number of aliphatic hydroxyl groups is 1. The molecule has 6 nitrogen and oxygen atoms in total. The normalized spacial score (nSPS) is 16.7. The van der Waals surface area contributed by atoms with Gasteiger partial charge in [0.15, 0.2) is 0 Å². The van der Waals surface area contributed by atoms with E-state index < -0.39 is 5.60 Å². The average molecular weight is 418 g/mol. The van der Waals surface area contributed by atoms with Crippen molar-refractivity contribution in [3.8, 4) is 0 Å². The highest BCUT2D eigenvalue weighted by molar-refractivity contribution is 5.95. The molecule has 160 valence electrons. The molecule has 1 unspecified atom stereocenters. The Hall–Kier alpha value is -3.25. The molecule has 0 spiro atoms. The molecule has 1 saturated heterocycles. The zero-order valence-electron chi connectivity index (χ0n) is 17.9. The minimum Gasteiger partial charge on any atom is -0.383 e. The maximum atomic E-state index is 13.3. The molecule has 3 heterocycles. The zero-order chi connectivity index (χ0) is 22.0. The maximum Gasteiger partial charge on any atom is 0.264 e. The first-order valence-electron chi connectivity index (χ1n) is 10.6. The molecular weight excluding hydrogens is 390 g/mol. The first kappa shape index (κ1) is 21.0. The fourth-order valence-electron chi connectivity index (χ4n) is 4.23. The minimum atomic E-state index is -1.05. The molecule has 2 aromatic heterocycles. The van der Waals surface area contributed by atoms with Gasteiger partial charge < -0.3 is 14.6 Å². The van der Waals surface area contributed by atoms with E-state index in [0.29, 0.717) is 37.2 Å². The van der Waals surface area contributed by atoms with Crippen molar-refractivity contribution in [3.05, 3.63) is 99.7 Å². The zero-order valence-corrected chi connectivity index (χ0v) is 17.9. The molecule has 1 atom stereocenters. The van der Waals surface area contributed by atoms with Crippen LogP contribution in [0.5, 0.6) is 0 Å². The third kappa shape index (κ3) is 4.03. The number of carbonyl (C=O) groups is 1. The molecule has 1 amide bonds. The van der Waals surface area contributed by atoms with Gasteiger partial charge in [-0.1, -0.05) is 36.4 Å². The van der Waals surface area contributed by atoms with Crippen LogP contribution in [0.3, 0.4) is 0 Å². The second-order valence-corrected chi connectivity index (χ2v) is 8.21. The Labute approximate surface area is 181 Å². The van der Waals surface area contributed by atoms with Crippen LogP contribution in [0.25, 0.3) is 0 Å². The van der Waals surface area contributed by atoms with Crippen LogP contribution in [0.1, 0.15) is 53.0 Å². The van der Waals surface area contributed by atoms with Crippen LogP contribution in [-0.4, -0.2) is 38.6 Å². The molecule has 4 rings (SSSR count). The van der Waals surface area contributed by atoms with Crippen molar-refractivity contribution in [2.75, 3.05) is 13.1 Å². The Balaban J connectivity index is 1.58. The topological polar surface area (TPSA) is 75.4 Å². The van der Waals surface area contributed by atoms with E-state index >= 15 is 0 Å². The monoisotopic (exact) mass is 417 g/mol. The van der Waals surface area contributed by atoms with E-state index in [4.69, 9.17) is 0 Å². The van der Waals surface area contributed by atoms with Crippen molar-refractivity contribution in [2.45, 2.75) is 38.3 Å². The highest BCUT2D eigenvalue weighted by Gasteiger charge is 2.37. The van der Waals surface area contributed by atoms with Crippen LogP contribution in [0.15, 0.2) is 71.8 Å². The number of rotatable bonds is 4. The Bertz CT molecular complexity index is 1120. The smallest absolute Gasteiger partial charge is 0.264 e. The van der Waals surface area contributed by atoms with Crippen molar-refractivity contribution in [3.63, 3.8) is 0 Å². The number of nitrogens with zero attached hydrogens (tertiary/aromatic N) is 3. The number of amides is 1. The molecule has 0 saturated carbocycles. The highest BCUT2D eigenvalue weighted by atomic mass is 16.3. The fourth-order valence-corrected chi connectivity index (χ4v) is 4.23. The van der Waals surface area contributed by atoms with Crippen molar-refractivity contribution < 1.29 is 9.90 Å². The average Bonchev–Trinajstić information content (AvgIpc) is 2.80. The van der Waals surface area contributed by atoms with Gasteiger partial charge in [-0.25, -0.2) is 0 Å². The summed E-state index contributed by atoms with van der Waals surface area (Å²) in [5.41, 5.74) is 1.16. The molecular formula is C25H27N3O3. The van der Waals surface area contributed by atoms with Crippen LogP contribution in [0.4, 0.5) is 0 Å². The predicted molar refractivity (Wildman–Crippen MR) is 119 cm³/mol. The van der Waals surface area contributed by atoms with Crippen molar-refractivity contribution in [2.24, 2.45) is 0 Å². The van der Waals surface area contributed by atoms with Gasteiger partial charge in [-0.15, -0.1) is 0 Å². The summed E-state index contributed by atoms with van der Waals surface area (Å²) in [6, 6.07) is 16.9. The van der Waals surface area contributed by atoms with Gasteiger partial charge in [-0.2, -0.15) is 0 Å². The standard InChI is InChI=1S/C25H27N3O3/c1-18-11-15-28(19(2)20-8-4-3-5-9-20)24(30)22(18)23(29)27-16-12-25(31,13-17-27)21-10-6-7-14-26-21/h3-11,14-15,19,31H,12-13,16-17H2,1-2H3. The largest absolute Gasteiger partial charge is 0.383 e. The molecule has 1 aliphatic heterocycles. The summed E-state index contributed by atoms with van der Waals surface area (Å²) in [6.07, 6.45) is 4.18. The van der Waals surface area contributed by atoms with E-state index in [0.717, 1.165) is 5.56 Å². The lowest BCUT2D eigenvalue weighted by atomic mass is 9.87. The first-order chi connectivity index (χ1) is 14.9. The molecule has 1 aromatic carbocycles. The quantitative estimate of drug-likeness (QED) is 0.707. The number of pyridine rings is 2. The lowest BCUT2D eigenvalue weighted by Gasteiger charge is -2.38. The summed E-state index contributed by atoms with van der Waals surface area (Å²) in [5.74, 6) is -0.278. The number of aryl methyl sites for hydroxylation is 1. The summed E-state index contributed by atoms with van der Waals surface area (Å²) in [7, 11) is 0. The second kappa shape index (κ2) is 8.47. The summed E-state index contributed by atoms with van der Waals surface area (Å²) >= 11 is 0. The van der Waals surface area contributed by atoms with Crippen molar-refractivity contribution in [1.29, 1.82) is 0 Å². The van der Waals surface area contributed by atoms with E-state index in [1.54, 1.807) is 28.8 Å². The predicted octanol–water partition coefficient (Wildman–Crippen LogP) is 3.28. The van der Waals surface area contributed by atoms with Crippen LogP contribution in [-0.2, 0) is 5.60 Å². The van der Waals surface area contributed by atoms with E-state index in [-0.39, 0.29) is 23.1 Å². The Morgan fingerprint density at radius 2 is 1.74 bits per heavy atom. The summed E-state index contributed by atoms with van der Waals surface area (Å²) < 4.78 is 1.61. The van der Waals surface area contributed by atoms with Crippen LogP contribution in [0.2, 0.25) is 0 Å². The Morgan fingerprint density at radius 1 is 1.06 bits per heavy atom. The molecule has 0 aliphatic carbocycles. The van der Waals surface area contributed by atoms with E-state index in [1.165, 1.54) is 0 Å². The van der Waals surface area contributed by atoms with Crippen molar-refractivity contribution >= 4 is 5.91 Å². The van der Waals surface area contributed by atoms with Gasteiger partial charge in [-0.3, -0.25) is 14.6 Å². The summed E-state index contributed by atoms with van der Waals surface area (Å²) in [4.78, 5) is 32.6. The molecule has 1 aliphatic rings. The number of aromatic nitrogens is 2. The lowest BCUT2D eigenvalue weighted by molar-refractivity contribution is -0.0244. The number of likely N-dealkylation sites (tertiary alicyclic amines) is 1. The molecule has 6 heteroatoms. The SMILES string of the molecule is Cc1ccn(C(C)c2ccccc2)c(=O)c1C(=O)N1CCC(O)(c2ccccn2)CC1. The summed E-state index contributed by atoms with van der Waals surface area (Å²) in [6.45, 7) is 4.48. The maximum absolute atomic E-state index is 13.3. The molecule has 31 heavy (non-hydrogen) atoms. The van der Waals surface area contributed by atoms with Gasteiger partial charge in [0.05, 0.1) is 11.7 Å². The number of hydrogen-bond donors (Lipinski definition) is 1. The summed E-state index contributed by atoms with van der Waals surface area (Å²) in [5, 5.41) is 11.0. The van der Waals surface area contributed by atoms with Crippen LogP contribution < -0.4 is 5.56 Å². The number of carbonyl (C=O) groups excluding carboxylic acids is 1. The van der Waals surface area contributed by atoms with Gasteiger partial charge in [-0.05, 0) is 56.0 Å². The highest BCUT2D eigenvalue weighted by Crippen LogP contribution is 2.32. The van der Waals surface area contributed by atoms with E-state index in [1.807, 2.05) is 61.5 Å². The molecule has 0 radical (unpaired) electrons. The minimum absolute atomic E-state index is 0.184. The van der Waals surface area contributed by atoms with E-state index in [2.05, 4.69) is 4.98 Å². The number of piperidine rings is 1. The number of benzene rings is 1. The van der Waals surface area contributed by atoms with Gasteiger partial charge in [0.25, 0.3) is 11.5 Å². The fraction of sp³-hybridized carbons (Fsp3) is 0.320. The van der Waals surface area contributed by atoms with Gasteiger partial charge >= 0.3 is 0 Å². The second-order valence-electron chi connectivity index (χ2n) is 8.21. The first-order valence-corrected chi connectivity index (χ1v) is 10.6. The Kier molecular flexibility index (Phi) is 5.74. The lowest BCUT2D eigenvalue weighted by Crippen LogP contribution is -2.47. The third-order valence-corrected chi connectivity index (χ3v) is 6.26. The van der Waals surface area contributed by atoms with Gasteiger partial charge in [0, 0.05) is 25.5 Å². The molecule has 1 N–H and O–H groups in total. The molecule has 1 fully saturated rings. The van der Waals surface area contributed by atoms with Gasteiger partial charge in [0.2, 0.25) is 0 Å². The molecule has 0 bridgehead atoms. The van der Waals surface area contributed by atoms with E-state index in [9.17, 15) is 14.7 Å². The third-order valence-electron chi connectivity index (χ3n) is 6.26. The Morgan fingerprint density at radius 3 is 2.39 bits per heavy atom. The van der Waals surface area contributed by atoms with Crippen molar-refractivity contribution in [1.82, 2.24) is 14.5 Å². The van der Waals surface area contributed by atoms with Crippen LogP contribution >= 0.6 is 0 Å². The molecule has 3 aromatic rings. The van der Waals surface area contributed by atoms with Crippen LogP contribution in [0, 0.1) is 6.92 Å². The van der Waals surface area contributed by atoms with Gasteiger partial charge in [0.1, 0.15) is 11.2 Å².